The molecule has 0 saturated heterocycles. The van der Waals surface area contributed by atoms with Crippen molar-refractivity contribution in [3.05, 3.63) is 52.2 Å². The lowest BCUT2D eigenvalue weighted by atomic mass is 10.2. The maximum absolute atomic E-state index is 12.7. The lowest BCUT2D eigenvalue weighted by Crippen LogP contribution is -2.13. The van der Waals surface area contributed by atoms with Crippen molar-refractivity contribution in [2.24, 2.45) is 0 Å². The molecule has 6 nitrogen and oxygen atoms in total. The largest absolute Gasteiger partial charge is 0.460 e. The molecule has 1 heterocycles. The Morgan fingerprint density at radius 1 is 1.47 bits per heavy atom. The molecule has 1 N–H and O–H groups in total. The average molecular weight is 261 g/mol. The van der Waals surface area contributed by atoms with Crippen molar-refractivity contribution in [3.63, 3.8) is 0 Å². The van der Waals surface area contributed by atoms with E-state index in [-0.39, 0.29) is 12.6 Å². The molecule has 2 aromatic rings. The van der Waals surface area contributed by atoms with Gasteiger partial charge < -0.3 is 9.47 Å². The fourth-order valence-corrected chi connectivity index (χ4v) is 1.34. The number of nitrogens with zero attached hydrogens (tertiary/aromatic N) is 2. The summed E-state index contributed by atoms with van der Waals surface area (Å²) in [4.78, 5) is 16.7. The molecule has 0 amide bonds. The van der Waals surface area contributed by atoms with E-state index < -0.39 is 11.4 Å². The predicted molar refractivity (Wildman–Crippen MR) is 61.8 cm³/mol. The Morgan fingerprint density at radius 2 is 2.32 bits per heavy atom. The maximum atomic E-state index is 12.7. The molecule has 0 spiro atoms. The van der Waals surface area contributed by atoms with Crippen LogP contribution in [0.5, 0.6) is 11.8 Å². The number of hydrogen-bond acceptors (Lipinski definition) is 5. The summed E-state index contributed by atoms with van der Waals surface area (Å²) in [6, 6.07) is 6.56. The highest BCUT2D eigenvalue weighted by Gasteiger charge is 2.03. The maximum Gasteiger partial charge on any atom is 0.296 e. The zero-order valence-corrected chi connectivity index (χ0v) is 9.59. The Hall–Kier alpha value is -2.88. The fraction of sp³-hybridized carbons (Fsp3) is 0.0833. The number of ether oxygens (including phenoxy) is 2. The molecule has 0 bridgehead atoms. The molecule has 0 saturated carbocycles. The molecule has 0 radical (unpaired) electrons. The molecule has 0 aliphatic carbocycles. The van der Waals surface area contributed by atoms with Gasteiger partial charge in [0, 0.05) is 0 Å². The molecular weight excluding hydrogens is 253 g/mol. The normalized spacial score (nSPS) is 9.68. The van der Waals surface area contributed by atoms with Crippen LogP contribution in [-0.4, -0.2) is 9.97 Å². The number of aromatic amines is 1. The first-order chi connectivity index (χ1) is 9.19. The molecule has 1 aromatic heterocycles. The van der Waals surface area contributed by atoms with Gasteiger partial charge in [-0.1, -0.05) is 12.1 Å². The molecule has 2 rings (SSSR count). The van der Waals surface area contributed by atoms with Gasteiger partial charge in [0.15, 0.2) is 0 Å². The Kier molecular flexibility index (Phi) is 3.73. The molecular formula is C12H8FN3O3. The lowest BCUT2D eigenvalue weighted by molar-refractivity contribution is 0.277. The summed E-state index contributed by atoms with van der Waals surface area (Å²) in [5, 5.41) is 8.39. The van der Waals surface area contributed by atoms with Crippen LogP contribution in [0.25, 0.3) is 0 Å². The van der Waals surface area contributed by atoms with Crippen molar-refractivity contribution in [3.8, 4) is 18.0 Å². The third-order valence-corrected chi connectivity index (χ3v) is 2.17. The van der Waals surface area contributed by atoms with Crippen LogP contribution >= 0.6 is 0 Å². The van der Waals surface area contributed by atoms with Crippen molar-refractivity contribution in [2.75, 3.05) is 0 Å². The van der Waals surface area contributed by atoms with E-state index >= 15 is 0 Å². The van der Waals surface area contributed by atoms with Crippen LogP contribution in [0.4, 0.5) is 4.39 Å². The van der Waals surface area contributed by atoms with E-state index in [2.05, 4.69) is 14.7 Å². The highest BCUT2D eigenvalue weighted by atomic mass is 19.1. The van der Waals surface area contributed by atoms with E-state index in [0.717, 1.165) is 6.20 Å². The number of hydrogen-bond donors (Lipinski definition) is 1. The number of H-pyrrole nitrogens is 1. The molecule has 1 aromatic carbocycles. The zero-order chi connectivity index (χ0) is 13.7. The van der Waals surface area contributed by atoms with Gasteiger partial charge in [0.25, 0.3) is 17.8 Å². The van der Waals surface area contributed by atoms with Gasteiger partial charge in [0.2, 0.25) is 5.82 Å². The topological polar surface area (TPSA) is 88.0 Å². The van der Waals surface area contributed by atoms with Crippen molar-refractivity contribution in [1.29, 1.82) is 5.26 Å². The smallest absolute Gasteiger partial charge is 0.296 e. The highest BCUT2D eigenvalue weighted by Crippen LogP contribution is 2.14. The fourth-order valence-electron chi connectivity index (χ4n) is 1.34. The van der Waals surface area contributed by atoms with E-state index in [4.69, 9.17) is 10.00 Å². The molecule has 7 heteroatoms. The van der Waals surface area contributed by atoms with Crippen LogP contribution in [0, 0.1) is 17.3 Å². The van der Waals surface area contributed by atoms with E-state index in [1.165, 1.54) is 0 Å². The Bertz CT molecular complexity index is 678. The number of halogens is 1. The molecule has 0 unspecified atom stereocenters. The van der Waals surface area contributed by atoms with Crippen LogP contribution in [0.2, 0.25) is 0 Å². The number of benzene rings is 1. The third kappa shape index (κ3) is 3.29. The second-order valence-electron chi connectivity index (χ2n) is 3.49. The molecule has 0 aliphatic heterocycles. The minimum absolute atomic E-state index is 0.0852. The standard InChI is InChI=1S/C12H8FN3O3/c13-10-5-15-12(16-11(10)17)18-6-8-2-1-3-9(4-8)19-7-14/h1-5H,6H2,(H,15,16,17). The Balaban J connectivity index is 2.06. The summed E-state index contributed by atoms with van der Waals surface area (Å²) in [5.41, 5.74) is -0.189. The zero-order valence-electron chi connectivity index (χ0n) is 9.59. The molecule has 19 heavy (non-hydrogen) atoms. The summed E-state index contributed by atoms with van der Waals surface area (Å²) in [5.74, 6) is -0.596. The number of nitrogens with one attached hydrogen (secondary N) is 1. The monoisotopic (exact) mass is 261 g/mol. The summed E-state index contributed by atoms with van der Waals surface area (Å²) in [6.45, 7) is 0.0944. The SMILES string of the molecule is N#COc1cccc(COc2ncc(F)c(=O)[nH]2)c1. The average Bonchev–Trinajstić information content (AvgIpc) is 2.41. The van der Waals surface area contributed by atoms with Crippen LogP contribution in [-0.2, 0) is 6.61 Å². The van der Waals surface area contributed by atoms with Gasteiger partial charge in [-0.2, -0.15) is 4.39 Å². The molecule has 0 atom stereocenters. The van der Waals surface area contributed by atoms with Crippen molar-refractivity contribution in [1.82, 2.24) is 9.97 Å². The van der Waals surface area contributed by atoms with Gasteiger partial charge in [0.1, 0.15) is 12.4 Å². The van der Waals surface area contributed by atoms with Crippen molar-refractivity contribution < 1.29 is 13.9 Å². The third-order valence-electron chi connectivity index (χ3n) is 2.17. The Labute approximate surface area is 107 Å². The minimum Gasteiger partial charge on any atom is -0.460 e. The molecule has 0 aliphatic rings. The van der Waals surface area contributed by atoms with Gasteiger partial charge in [-0.3, -0.25) is 9.78 Å². The molecule has 96 valence electrons. The summed E-state index contributed by atoms with van der Waals surface area (Å²) >= 11 is 0. The van der Waals surface area contributed by atoms with E-state index in [1.807, 2.05) is 0 Å². The summed E-state index contributed by atoms with van der Waals surface area (Å²) in [6.07, 6.45) is 2.34. The van der Waals surface area contributed by atoms with Crippen molar-refractivity contribution in [2.45, 2.75) is 6.61 Å². The van der Waals surface area contributed by atoms with Crippen LogP contribution < -0.4 is 15.0 Å². The molecule has 0 fully saturated rings. The summed E-state index contributed by atoms with van der Waals surface area (Å²) in [7, 11) is 0. The second-order valence-corrected chi connectivity index (χ2v) is 3.49. The van der Waals surface area contributed by atoms with Gasteiger partial charge in [-0.15, -0.1) is 5.26 Å². The van der Waals surface area contributed by atoms with E-state index in [1.54, 1.807) is 30.5 Å². The van der Waals surface area contributed by atoms with Gasteiger partial charge in [0.05, 0.1) is 6.20 Å². The summed E-state index contributed by atoms with van der Waals surface area (Å²) < 4.78 is 22.5. The quantitative estimate of drug-likeness (QED) is 0.839. The highest BCUT2D eigenvalue weighted by molar-refractivity contribution is 5.29. The minimum atomic E-state index is -0.975. The number of aromatic nitrogens is 2. The predicted octanol–water partition coefficient (Wildman–Crippen LogP) is 1.35. The first-order valence-electron chi connectivity index (χ1n) is 5.21. The number of nitriles is 1. The second kappa shape index (κ2) is 5.64. The Morgan fingerprint density at radius 3 is 3.05 bits per heavy atom. The number of rotatable bonds is 4. The van der Waals surface area contributed by atoms with Crippen molar-refractivity contribution >= 4 is 0 Å². The van der Waals surface area contributed by atoms with Gasteiger partial charge >= 0.3 is 0 Å². The van der Waals surface area contributed by atoms with Crippen LogP contribution in [0.15, 0.2) is 35.3 Å². The lowest BCUT2D eigenvalue weighted by Gasteiger charge is -2.05. The van der Waals surface area contributed by atoms with Gasteiger partial charge in [-0.05, 0) is 17.7 Å². The van der Waals surface area contributed by atoms with Gasteiger partial charge in [-0.25, -0.2) is 4.98 Å². The van der Waals surface area contributed by atoms with Crippen LogP contribution in [0.3, 0.4) is 0 Å². The van der Waals surface area contributed by atoms with Crippen LogP contribution in [0.1, 0.15) is 5.56 Å². The van der Waals surface area contributed by atoms with E-state index in [9.17, 15) is 9.18 Å². The first kappa shape index (κ1) is 12.6. The first-order valence-corrected chi connectivity index (χ1v) is 5.21. The van der Waals surface area contributed by atoms with E-state index in [0.29, 0.717) is 11.3 Å².